The van der Waals surface area contributed by atoms with E-state index in [2.05, 4.69) is 4.98 Å². The number of aromatic nitrogens is 1. The quantitative estimate of drug-likeness (QED) is 0.602. The summed E-state index contributed by atoms with van der Waals surface area (Å²) in [4.78, 5) is 4.51. The number of pyridine rings is 1. The molecule has 0 radical (unpaired) electrons. The molecule has 0 unspecified atom stereocenters. The lowest BCUT2D eigenvalue weighted by atomic mass is 10.4. The van der Waals surface area contributed by atoms with Gasteiger partial charge in [0.05, 0.1) is 5.30 Å². The van der Waals surface area contributed by atoms with Gasteiger partial charge in [0.2, 0.25) is 0 Å². The van der Waals surface area contributed by atoms with Crippen LogP contribution in [0.4, 0.5) is 19.0 Å². The van der Waals surface area contributed by atoms with Crippen LogP contribution in [0.3, 0.4) is 0 Å². The molecule has 0 spiro atoms. The third kappa shape index (κ3) is 2.38. The third-order valence-electron chi connectivity index (χ3n) is 1.96. The first-order chi connectivity index (χ1) is 7.16. The summed E-state index contributed by atoms with van der Waals surface area (Å²) in [5, 5.41) is -0.348. The van der Waals surface area contributed by atoms with Gasteiger partial charge in [-0.05, 0) is 19.4 Å². The van der Waals surface area contributed by atoms with Crippen LogP contribution in [-0.2, 0) is 11.8 Å². The molecular formula is C9H12F3N2PS. The standard InChI is InChI=1S/C9H12F3N2PS/c1-14(2)9-6(11)7(15(3,4)16)5(10)8(12)13-9/h1-4H3. The Labute approximate surface area is 97.5 Å². The van der Waals surface area contributed by atoms with E-state index in [9.17, 15) is 13.2 Å². The molecule has 2 nitrogen and oxygen atoms in total. The summed E-state index contributed by atoms with van der Waals surface area (Å²) < 4.78 is 40.6. The lowest BCUT2D eigenvalue weighted by molar-refractivity contribution is 0.473. The van der Waals surface area contributed by atoms with Gasteiger partial charge in [-0.2, -0.15) is 9.37 Å². The van der Waals surface area contributed by atoms with Crippen molar-refractivity contribution in [2.45, 2.75) is 0 Å². The number of rotatable bonds is 2. The monoisotopic (exact) mass is 268 g/mol. The van der Waals surface area contributed by atoms with Gasteiger partial charge in [0.1, 0.15) is 0 Å². The summed E-state index contributed by atoms with van der Waals surface area (Å²) in [6.07, 6.45) is 0. The number of hydrogen-bond donors (Lipinski definition) is 0. The Morgan fingerprint density at radius 1 is 1.12 bits per heavy atom. The molecule has 0 aliphatic rings. The summed E-state index contributed by atoms with van der Waals surface area (Å²) in [5.41, 5.74) is 0. The van der Waals surface area contributed by atoms with Crippen molar-refractivity contribution >= 4 is 29.0 Å². The molecule has 16 heavy (non-hydrogen) atoms. The third-order valence-corrected chi connectivity index (χ3v) is 3.98. The molecule has 0 saturated carbocycles. The van der Waals surface area contributed by atoms with Crippen molar-refractivity contribution in [2.75, 3.05) is 32.3 Å². The van der Waals surface area contributed by atoms with Gasteiger partial charge >= 0.3 is 0 Å². The van der Waals surface area contributed by atoms with Gasteiger partial charge in [0, 0.05) is 14.1 Å². The van der Waals surface area contributed by atoms with E-state index in [4.69, 9.17) is 11.8 Å². The van der Waals surface area contributed by atoms with E-state index in [0.717, 1.165) is 0 Å². The van der Waals surface area contributed by atoms with Crippen LogP contribution in [0.25, 0.3) is 0 Å². The summed E-state index contributed by atoms with van der Waals surface area (Å²) in [6.45, 7) is 3.09. The molecule has 0 bridgehead atoms. The fraction of sp³-hybridized carbons (Fsp3) is 0.444. The lowest BCUT2D eigenvalue weighted by Gasteiger charge is -2.18. The minimum Gasteiger partial charge on any atom is -0.360 e. The molecule has 0 aromatic carbocycles. The molecule has 0 N–H and O–H groups in total. The van der Waals surface area contributed by atoms with Gasteiger partial charge in [0.15, 0.2) is 17.5 Å². The first kappa shape index (κ1) is 13.5. The zero-order chi connectivity index (χ0) is 12.7. The SMILES string of the molecule is CN(C)c1nc(F)c(F)c(P(C)(C)=S)c1F. The molecule has 90 valence electrons. The van der Waals surface area contributed by atoms with Crippen molar-refractivity contribution in [3.63, 3.8) is 0 Å². The Morgan fingerprint density at radius 2 is 1.62 bits per heavy atom. The fourth-order valence-corrected chi connectivity index (χ4v) is 2.88. The second-order valence-corrected chi connectivity index (χ2v) is 9.84. The highest BCUT2D eigenvalue weighted by Gasteiger charge is 2.26. The minimum absolute atomic E-state index is 0.230. The Bertz CT molecular complexity index is 470. The maximum Gasteiger partial charge on any atom is 0.251 e. The highest BCUT2D eigenvalue weighted by Crippen LogP contribution is 2.39. The van der Waals surface area contributed by atoms with E-state index in [1.54, 1.807) is 13.3 Å². The van der Waals surface area contributed by atoms with Crippen molar-refractivity contribution in [3.05, 3.63) is 17.6 Å². The molecule has 0 fully saturated rings. The van der Waals surface area contributed by atoms with E-state index in [1.807, 2.05) is 0 Å². The molecule has 0 aliphatic carbocycles. The second-order valence-electron chi connectivity index (χ2n) is 3.95. The molecule has 0 atom stereocenters. The van der Waals surface area contributed by atoms with Crippen molar-refractivity contribution in [1.82, 2.24) is 4.98 Å². The molecule has 0 saturated heterocycles. The van der Waals surface area contributed by atoms with Crippen molar-refractivity contribution < 1.29 is 13.2 Å². The predicted octanol–water partition coefficient (Wildman–Crippen LogP) is 1.93. The van der Waals surface area contributed by atoms with E-state index in [0.29, 0.717) is 0 Å². The topological polar surface area (TPSA) is 16.1 Å². The molecule has 0 aliphatic heterocycles. The summed E-state index contributed by atoms with van der Waals surface area (Å²) in [6, 6.07) is -2.41. The van der Waals surface area contributed by atoms with Gasteiger partial charge in [-0.15, -0.1) is 0 Å². The Kier molecular flexibility index (Phi) is 3.65. The van der Waals surface area contributed by atoms with Crippen LogP contribution in [0.5, 0.6) is 0 Å². The van der Waals surface area contributed by atoms with Gasteiger partial charge in [-0.3, -0.25) is 0 Å². The lowest BCUT2D eigenvalue weighted by Crippen LogP contribution is -2.24. The highest BCUT2D eigenvalue weighted by molar-refractivity contribution is 8.17. The molecule has 7 heteroatoms. The van der Waals surface area contributed by atoms with Crippen molar-refractivity contribution in [1.29, 1.82) is 0 Å². The predicted molar refractivity (Wildman–Crippen MR) is 64.2 cm³/mol. The summed E-state index contributed by atoms with van der Waals surface area (Å²) in [7, 11) is 3.00. The van der Waals surface area contributed by atoms with Gasteiger partial charge in [0.25, 0.3) is 5.95 Å². The number of nitrogens with zero attached hydrogens (tertiary/aromatic N) is 2. The number of hydrogen-bond acceptors (Lipinski definition) is 3. The maximum absolute atomic E-state index is 13.9. The van der Waals surface area contributed by atoms with Crippen molar-refractivity contribution in [3.8, 4) is 0 Å². The van der Waals surface area contributed by atoms with Crippen LogP contribution in [0, 0.1) is 17.6 Å². The zero-order valence-corrected chi connectivity index (χ0v) is 11.1. The number of halogens is 3. The Morgan fingerprint density at radius 3 is 2.00 bits per heavy atom. The normalized spacial score (nSPS) is 11.7. The van der Waals surface area contributed by atoms with E-state index in [-0.39, 0.29) is 11.1 Å². The van der Waals surface area contributed by atoms with E-state index < -0.39 is 23.6 Å². The molecule has 1 heterocycles. The second kappa shape index (κ2) is 4.34. The zero-order valence-electron chi connectivity index (χ0n) is 9.38. The summed E-state index contributed by atoms with van der Waals surface area (Å²) in [5.74, 6) is -3.67. The molecule has 1 aromatic rings. The van der Waals surface area contributed by atoms with Gasteiger partial charge < -0.3 is 4.90 Å². The minimum atomic E-state index is -2.41. The van der Waals surface area contributed by atoms with Crippen molar-refractivity contribution in [2.24, 2.45) is 0 Å². The van der Waals surface area contributed by atoms with Crippen LogP contribution < -0.4 is 10.2 Å². The van der Waals surface area contributed by atoms with Crippen LogP contribution in [0.2, 0.25) is 0 Å². The molecule has 1 rings (SSSR count). The average molecular weight is 268 g/mol. The molecule has 0 amide bonds. The number of anilines is 1. The molecular weight excluding hydrogens is 256 g/mol. The first-order valence-electron chi connectivity index (χ1n) is 4.43. The molecule has 1 aromatic heterocycles. The average Bonchev–Trinajstić information content (AvgIpc) is 2.08. The van der Waals surface area contributed by atoms with Gasteiger partial charge in [-0.1, -0.05) is 11.8 Å². The smallest absolute Gasteiger partial charge is 0.251 e. The van der Waals surface area contributed by atoms with E-state index in [1.165, 1.54) is 19.0 Å². The maximum atomic E-state index is 13.9. The van der Waals surface area contributed by atoms with Crippen LogP contribution in [0.1, 0.15) is 0 Å². The van der Waals surface area contributed by atoms with Crippen LogP contribution in [0.15, 0.2) is 0 Å². The van der Waals surface area contributed by atoms with Crippen LogP contribution in [-0.4, -0.2) is 32.4 Å². The first-order valence-corrected chi connectivity index (χ1v) is 8.13. The largest absolute Gasteiger partial charge is 0.360 e. The van der Waals surface area contributed by atoms with Crippen LogP contribution >= 0.6 is 6.04 Å². The van der Waals surface area contributed by atoms with E-state index >= 15 is 0 Å². The van der Waals surface area contributed by atoms with Gasteiger partial charge in [-0.25, -0.2) is 8.78 Å². The fourth-order valence-electron chi connectivity index (χ4n) is 1.26. The summed E-state index contributed by atoms with van der Waals surface area (Å²) >= 11 is 5.05. The Hall–Kier alpha value is -0.610. The Balaban J connectivity index is 3.66. The highest BCUT2D eigenvalue weighted by atomic mass is 32.4.